The summed E-state index contributed by atoms with van der Waals surface area (Å²) >= 11 is 0. The van der Waals surface area contributed by atoms with Gasteiger partial charge >= 0.3 is 0 Å². The van der Waals surface area contributed by atoms with Crippen molar-refractivity contribution in [3.8, 4) is 0 Å². The Morgan fingerprint density at radius 2 is 2.05 bits per heavy atom. The van der Waals surface area contributed by atoms with Crippen LogP contribution < -0.4 is 0 Å². The third-order valence-corrected chi connectivity index (χ3v) is 5.39. The lowest BCUT2D eigenvalue weighted by atomic mass is 10.1. The average Bonchev–Trinajstić information content (AvgIpc) is 2.49. The standard InChI is InChI=1S/C14H13F2N3O2S/c1-9-17-7-10-8-19(5-4-13(10)18-9)22(20,21)14-6-11(15)2-3-12(14)16/h2-3,6-7H,4-5,8H2,1H3. The summed E-state index contributed by atoms with van der Waals surface area (Å²) in [6, 6.07) is 2.40. The predicted molar refractivity (Wildman–Crippen MR) is 74.4 cm³/mol. The first-order valence-corrected chi connectivity index (χ1v) is 8.08. The molecule has 1 aliphatic rings. The molecule has 2 aromatic rings. The average molecular weight is 325 g/mol. The van der Waals surface area contributed by atoms with Gasteiger partial charge in [-0.3, -0.25) is 0 Å². The molecule has 0 radical (unpaired) electrons. The van der Waals surface area contributed by atoms with Gasteiger partial charge in [-0.25, -0.2) is 27.2 Å². The normalized spacial score (nSPS) is 15.6. The Kier molecular flexibility index (Phi) is 3.65. The fraction of sp³-hybridized carbons (Fsp3) is 0.286. The molecule has 0 spiro atoms. The van der Waals surface area contributed by atoms with E-state index in [0.29, 0.717) is 23.9 Å². The number of halogens is 2. The van der Waals surface area contributed by atoms with Crippen molar-refractivity contribution in [1.29, 1.82) is 0 Å². The van der Waals surface area contributed by atoms with E-state index in [1.54, 1.807) is 13.1 Å². The molecule has 116 valence electrons. The number of rotatable bonds is 2. The van der Waals surface area contributed by atoms with E-state index in [4.69, 9.17) is 0 Å². The SMILES string of the molecule is Cc1ncc2c(n1)CCN(S(=O)(=O)c1cc(F)ccc1F)C2. The van der Waals surface area contributed by atoms with E-state index in [9.17, 15) is 17.2 Å². The highest BCUT2D eigenvalue weighted by Gasteiger charge is 2.31. The van der Waals surface area contributed by atoms with Gasteiger partial charge in [0.25, 0.3) is 0 Å². The molecule has 3 rings (SSSR count). The smallest absolute Gasteiger partial charge is 0.241 e. The summed E-state index contributed by atoms with van der Waals surface area (Å²) in [6.07, 6.45) is 1.98. The van der Waals surface area contributed by atoms with Crippen LogP contribution in [0.25, 0.3) is 0 Å². The lowest BCUT2D eigenvalue weighted by molar-refractivity contribution is 0.383. The Hall–Kier alpha value is -1.93. The van der Waals surface area contributed by atoms with Crippen LogP contribution in [-0.2, 0) is 23.0 Å². The van der Waals surface area contributed by atoms with Crippen molar-refractivity contribution in [2.24, 2.45) is 0 Å². The number of benzene rings is 1. The zero-order valence-corrected chi connectivity index (χ0v) is 12.6. The van der Waals surface area contributed by atoms with Gasteiger partial charge in [-0.05, 0) is 25.1 Å². The van der Waals surface area contributed by atoms with Crippen LogP contribution in [0.1, 0.15) is 17.1 Å². The van der Waals surface area contributed by atoms with Gasteiger partial charge < -0.3 is 0 Å². The fourth-order valence-electron chi connectivity index (χ4n) is 2.41. The van der Waals surface area contributed by atoms with E-state index in [2.05, 4.69) is 9.97 Å². The van der Waals surface area contributed by atoms with Crippen LogP contribution in [0.5, 0.6) is 0 Å². The Morgan fingerprint density at radius 1 is 1.27 bits per heavy atom. The molecule has 1 aliphatic heterocycles. The molecule has 1 aromatic carbocycles. The maximum atomic E-state index is 13.8. The minimum absolute atomic E-state index is 0.0495. The lowest BCUT2D eigenvalue weighted by Gasteiger charge is -2.27. The van der Waals surface area contributed by atoms with Crippen molar-refractivity contribution in [2.45, 2.75) is 24.8 Å². The van der Waals surface area contributed by atoms with E-state index in [-0.39, 0.29) is 13.1 Å². The fourth-order valence-corrected chi connectivity index (χ4v) is 3.90. The van der Waals surface area contributed by atoms with Crippen molar-refractivity contribution >= 4 is 10.0 Å². The van der Waals surface area contributed by atoms with Crippen LogP contribution in [0, 0.1) is 18.6 Å². The van der Waals surface area contributed by atoms with Crippen molar-refractivity contribution in [1.82, 2.24) is 14.3 Å². The molecule has 0 saturated carbocycles. The van der Waals surface area contributed by atoms with Crippen molar-refractivity contribution in [3.63, 3.8) is 0 Å². The molecule has 0 aliphatic carbocycles. The summed E-state index contributed by atoms with van der Waals surface area (Å²) in [5, 5.41) is 0. The number of nitrogens with zero attached hydrogens (tertiary/aromatic N) is 3. The van der Waals surface area contributed by atoms with E-state index in [1.807, 2.05) is 0 Å². The zero-order valence-electron chi connectivity index (χ0n) is 11.8. The van der Waals surface area contributed by atoms with Crippen LogP contribution in [0.2, 0.25) is 0 Å². The van der Waals surface area contributed by atoms with Gasteiger partial charge in [0.15, 0.2) is 0 Å². The third-order valence-electron chi connectivity index (χ3n) is 3.53. The van der Waals surface area contributed by atoms with Gasteiger partial charge in [-0.1, -0.05) is 0 Å². The third kappa shape index (κ3) is 2.59. The molecular weight excluding hydrogens is 312 g/mol. The number of aromatic nitrogens is 2. The quantitative estimate of drug-likeness (QED) is 0.845. The molecule has 8 heteroatoms. The number of aryl methyl sites for hydroxylation is 1. The molecule has 22 heavy (non-hydrogen) atoms. The van der Waals surface area contributed by atoms with E-state index >= 15 is 0 Å². The maximum Gasteiger partial charge on any atom is 0.246 e. The molecular formula is C14H13F2N3O2S. The molecule has 0 amide bonds. The van der Waals surface area contributed by atoms with Gasteiger partial charge in [-0.15, -0.1) is 0 Å². The van der Waals surface area contributed by atoms with Crippen LogP contribution in [0.15, 0.2) is 29.3 Å². The van der Waals surface area contributed by atoms with Gasteiger partial charge in [0.2, 0.25) is 10.0 Å². The molecule has 0 N–H and O–H groups in total. The molecule has 0 bridgehead atoms. The Labute approximate surface area is 126 Å². The lowest BCUT2D eigenvalue weighted by Crippen LogP contribution is -2.37. The predicted octanol–water partition coefficient (Wildman–Crippen LogP) is 1.81. The molecule has 2 heterocycles. The first kappa shape index (κ1) is 15.0. The monoisotopic (exact) mass is 325 g/mol. The van der Waals surface area contributed by atoms with Crippen LogP contribution in [-0.4, -0.2) is 29.2 Å². The number of fused-ring (bicyclic) bond motifs is 1. The summed E-state index contributed by atoms with van der Waals surface area (Å²) in [7, 11) is -4.11. The molecule has 1 aromatic heterocycles. The molecule has 5 nitrogen and oxygen atoms in total. The molecule has 0 fully saturated rings. The van der Waals surface area contributed by atoms with Crippen LogP contribution in [0.4, 0.5) is 8.78 Å². The summed E-state index contributed by atoms with van der Waals surface area (Å²) < 4.78 is 53.2. The second-order valence-electron chi connectivity index (χ2n) is 5.05. The van der Waals surface area contributed by atoms with Gasteiger partial charge in [0, 0.05) is 37.0 Å². The van der Waals surface area contributed by atoms with Gasteiger partial charge in [-0.2, -0.15) is 4.31 Å². The zero-order chi connectivity index (χ0) is 15.9. The summed E-state index contributed by atoms with van der Waals surface area (Å²) in [5.41, 5.74) is 1.47. The molecule has 0 atom stereocenters. The topological polar surface area (TPSA) is 63.2 Å². The van der Waals surface area contributed by atoms with Crippen LogP contribution in [0.3, 0.4) is 0 Å². The van der Waals surface area contributed by atoms with Gasteiger partial charge in [0.1, 0.15) is 22.4 Å². The Bertz CT molecular complexity index is 840. The first-order valence-electron chi connectivity index (χ1n) is 6.64. The van der Waals surface area contributed by atoms with E-state index in [1.165, 1.54) is 0 Å². The second kappa shape index (κ2) is 5.36. The number of hydrogen-bond donors (Lipinski definition) is 0. The summed E-state index contributed by atoms with van der Waals surface area (Å²) in [4.78, 5) is 7.67. The maximum absolute atomic E-state index is 13.8. The first-order chi connectivity index (χ1) is 10.4. The number of hydrogen-bond acceptors (Lipinski definition) is 4. The summed E-state index contributed by atoms with van der Waals surface area (Å²) in [5.74, 6) is -1.14. The summed E-state index contributed by atoms with van der Waals surface area (Å²) in [6.45, 7) is 1.97. The van der Waals surface area contributed by atoms with Crippen molar-refractivity contribution in [2.75, 3.05) is 6.54 Å². The number of sulfonamides is 1. The van der Waals surface area contributed by atoms with E-state index in [0.717, 1.165) is 22.1 Å². The second-order valence-corrected chi connectivity index (χ2v) is 6.96. The highest BCUT2D eigenvalue weighted by atomic mass is 32.2. The highest BCUT2D eigenvalue weighted by Crippen LogP contribution is 2.25. The Morgan fingerprint density at radius 3 is 2.82 bits per heavy atom. The largest absolute Gasteiger partial charge is 0.246 e. The van der Waals surface area contributed by atoms with Gasteiger partial charge in [0.05, 0.1) is 0 Å². The minimum Gasteiger partial charge on any atom is -0.241 e. The van der Waals surface area contributed by atoms with Crippen molar-refractivity contribution in [3.05, 3.63) is 53.1 Å². The van der Waals surface area contributed by atoms with Crippen molar-refractivity contribution < 1.29 is 17.2 Å². The van der Waals surface area contributed by atoms with Crippen LogP contribution >= 0.6 is 0 Å². The minimum atomic E-state index is -4.11. The highest BCUT2D eigenvalue weighted by molar-refractivity contribution is 7.89. The molecule has 0 unspecified atom stereocenters. The molecule has 0 saturated heterocycles. The Balaban J connectivity index is 1.97. The van der Waals surface area contributed by atoms with E-state index < -0.39 is 26.6 Å².